The highest BCUT2D eigenvalue weighted by atomic mass is 35.5. The molecule has 0 spiro atoms. The Morgan fingerprint density at radius 3 is 2.13 bits per heavy atom. The number of para-hydroxylation sites is 1. The van der Waals surface area contributed by atoms with Gasteiger partial charge in [0.15, 0.2) is 12.0 Å². The topological polar surface area (TPSA) is 27.7 Å². The summed E-state index contributed by atoms with van der Waals surface area (Å²) in [6.45, 7) is 0.233. The Hall–Kier alpha value is -0.480. The maximum atomic E-state index is 5.91. The van der Waals surface area contributed by atoms with Crippen molar-refractivity contribution in [2.45, 2.75) is 6.29 Å². The zero-order valence-electron chi connectivity index (χ0n) is 8.50. The van der Waals surface area contributed by atoms with E-state index in [9.17, 15) is 0 Å². The van der Waals surface area contributed by atoms with Crippen molar-refractivity contribution in [2.24, 2.45) is 0 Å². The normalized spacial score (nSPS) is 10.7. The van der Waals surface area contributed by atoms with Gasteiger partial charge in [-0.15, -0.1) is 0 Å². The fourth-order valence-corrected chi connectivity index (χ4v) is 1.51. The minimum absolute atomic E-state index is 0.233. The van der Waals surface area contributed by atoms with Gasteiger partial charge in [-0.2, -0.15) is 0 Å². The van der Waals surface area contributed by atoms with E-state index in [4.69, 9.17) is 37.4 Å². The molecule has 1 aromatic rings. The van der Waals surface area contributed by atoms with E-state index >= 15 is 0 Å². The van der Waals surface area contributed by atoms with Crippen molar-refractivity contribution in [1.29, 1.82) is 0 Å². The molecule has 0 bridgehead atoms. The molecule has 1 rings (SSSR count). The van der Waals surface area contributed by atoms with Gasteiger partial charge in [-0.05, 0) is 12.1 Å². The first-order valence-corrected chi connectivity index (χ1v) is 5.07. The lowest BCUT2D eigenvalue weighted by atomic mass is 10.3. The maximum absolute atomic E-state index is 5.91. The summed E-state index contributed by atoms with van der Waals surface area (Å²) < 4.78 is 15.3. The molecule has 0 aliphatic heterocycles. The van der Waals surface area contributed by atoms with Gasteiger partial charge in [0, 0.05) is 14.2 Å². The predicted molar refractivity (Wildman–Crippen MR) is 59.8 cm³/mol. The highest BCUT2D eigenvalue weighted by molar-refractivity contribution is 6.37. The Bertz CT molecular complexity index is 293. The Morgan fingerprint density at radius 1 is 1.13 bits per heavy atom. The van der Waals surface area contributed by atoms with E-state index in [1.807, 2.05) is 0 Å². The average molecular weight is 251 g/mol. The van der Waals surface area contributed by atoms with E-state index < -0.39 is 6.29 Å². The molecule has 0 saturated heterocycles. The van der Waals surface area contributed by atoms with Crippen LogP contribution >= 0.6 is 23.2 Å². The van der Waals surface area contributed by atoms with Crippen LogP contribution in [0.2, 0.25) is 10.0 Å². The third-order valence-electron chi connectivity index (χ3n) is 1.81. The van der Waals surface area contributed by atoms with E-state index in [1.165, 1.54) is 14.2 Å². The van der Waals surface area contributed by atoms with E-state index in [1.54, 1.807) is 18.2 Å². The molecule has 1 aromatic carbocycles. The van der Waals surface area contributed by atoms with Gasteiger partial charge >= 0.3 is 0 Å². The summed E-state index contributed by atoms with van der Waals surface area (Å²) in [5.41, 5.74) is 0. The standard InChI is InChI=1S/C10H12Cl2O3/c1-13-9(14-2)6-15-10-7(11)4-3-5-8(10)12/h3-5,9H,6H2,1-2H3. The van der Waals surface area contributed by atoms with Gasteiger partial charge in [-0.25, -0.2) is 0 Å². The lowest BCUT2D eigenvalue weighted by Gasteiger charge is -2.15. The van der Waals surface area contributed by atoms with Gasteiger partial charge in [0.1, 0.15) is 6.61 Å². The van der Waals surface area contributed by atoms with Crippen LogP contribution in [0.5, 0.6) is 5.75 Å². The highest BCUT2D eigenvalue weighted by Gasteiger charge is 2.10. The van der Waals surface area contributed by atoms with Crippen LogP contribution in [-0.2, 0) is 9.47 Å². The minimum atomic E-state index is -0.433. The summed E-state index contributed by atoms with van der Waals surface area (Å²) in [5, 5.41) is 0.932. The molecule has 3 nitrogen and oxygen atoms in total. The summed E-state index contributed by atoms with van der Waals surface area (Å²) >= 11 is 11.8. The van der Waals surface area contributed by atoms with Crippen molar-refractivity contribution in [3.63, 3.8) is 0 Å². The molecule has 0 amide bonds. The van der Waals surface area contributed by atoms with Crippen molar-refractivity contribution in [2.75, 3.05) is 20.8 Å². The molecule has 0 aliphatic rings. The van der Waals surface area contributed by atoms with Crippen LogP contribution in [0, 0.1) is 0 Å². The first-order valence-electron chi connectivity index (χ1n) is 4.31. The Morgan fingerprint density at radius 2 is 1.67 bits per heavy atom. The van der Waals surface area contributed by atoms with Gasteiger partial charge in [0.25, 0.3) is 0 Å². The molecular formula is C10H12Cl2O3. The van der Waals surface area contributed by atoms with Crippen LogP contribution in [0.3, 0.4) is 0 Å². The van der Waals surface area contributed by atoms with Crippen molar-refractivity contribution >= 4 is 23.2 Å². The lowest BCUT2D eigenvalue weighted by Crippen LogP contribution is -2.22. The molecule has 0 saturated carbocycles. The molecule has 0 radical (unpaired) electrons. The fourth-order valence-electron chi connectivity index (χ4n) is 1.00. The Labute approximate surface area is 98.8 Å². The largest absolute Gasteiger partial charge is 0.485 e. The number of hydrogen-bond donors (Lipinski definition) is 0. The molecule has 84 valence electrons. The van der Waals surface area contributed by atoms with Gasteiger partial charge in [-0.3, -0.25) is 0 Å². The summed E-state index contributed by atoms with van der Waals surface area (Å²) in [6, 6.07) is 5.16. The summed E-state index contributed by atoms with van der Waals surface area (Å²) in [7, 11) is 3.07. The zero-order valence-corrected chi connectivity index (χ0v) is 10.0. The van der Waals surface area contributed by atoms with Crippen molar-refractivity contribution in [1.82, 2.24) is 0 Å². The molecule has 0 fully saturated rings. The second kappa shape index (κ2) is 6.18. The van der Waals surface area contributed by atoms with Gasteiger partial charge in [0.05, 0.1) is 10.0 Å². The van der Waals surface area contributed by atoms with Crippen LogP contribution in [-0.4, -0.2) is 27.1 Å². The fraction of sp³-hybridized carbons (Fsp3) is 0.400. The van der Waals surface area contributed by atoms with E-state index in [0.717, 1.165) is 0 Å². The number of benzene rings is 1. The van der Waals surface area contributed by atoms with Crippen molar-refractivity contribution < 1.29 is 14.2 Å². The highest BCUT2D eigenvalue weighted by Crippen LogP contribution is 2.32. The SMILES string of the molecule is COC(COc1c(Cl)cccc1Cl)OC. The van der Waals surface area contributed by atoms with Crippen LogP contribution in [0.25, 0.3) is 0 Å². The third kappa shape index (κ3) is 3.54. The second-order valence-corrected chi connectivity index (χ2v) is 3.58. The molecule has 5 heteroatoms. The molecule has 0 aliphatic carbocycles. The number of rotatable bonds is 5. The summed E-state index contributed by atoms with van der Waals surface area (Å²) in [5.74, 6) is 0.444. The second-order valence-electron chi connectivity index (χ2n) is 2.76. The molecule has 0 atom stereocenters. The molecule has 0 N–H and O–H groups in total. The van der Waals surface area contributed by atoms with Crippen LogP contribution in [0.4, 0.5) is 0 Å². The van der Waals surface area contributed by atoms with Crippen LogP contribution in [0.1, 0.15) is 0 Å². The van der Waals surface area contributed by atoms with E-state index in [2.05, 4.69) is 0 Å². The summed E-state index contributed by atoms with van der Waals surface area (Å²) in [4.78, 5) is 0. The number of ether oxygens (including phenoxy) is 3. The number of methoxy groups -OCH3 is 2. The monoisotopic (exact) mass is 250 g/mol. The number of halogens is 2. The van der Waals surface area contributed by atoms with Crippen molar-refractivity contribution in [3.8, 4) is 5.75 Å². The molecule has 0 heterocycles. The first-order chi connectivity index (χ1) is 7.19. The van der Waals surface area contributed by atoms with Gasteiger partial charge in [-0.1, -0.05) is 29.3 Å². The minimum Gasteiger partial charge on any atom is -0.485 e. The van der Waals surface area contributed by atoms with Crippen LogP contribution in [0.15, 0.2) is 18.2 Å². The molecule has 0 aromatic heterocycles. The van der Waals surface area contributed by atoms with Gasteiger partial charge < -0.3 is 14.2 Å². The average Bonchev–Trinajstić information content (AvgIpc) is 2.23. The van der Waals surface area contributed by atoms with E-state index in [0.29, 0.717) is 15.8 Å². The Kier molecular flexibility index (Phi) is 5.19. The lowest BCUT2D eigenvalue weighted by molar-refractivity contribution is -0.121. The molecule has 15 heavy (non-hydrogen) atoms. The third-order valence-corrected chi connectivity index (χ3v) is 2.40. The Balaban J connectivity index is 2.64. The first kappa shape index (κ1) is 12.6. The van der Waals surface area contributed by atoms with Crippen molar-refractivity contribution in [3.05, 3.63) is 28.2 Å². The molecular weight excluding hydrogens is 239 g/mol. The smallest absolute Gasteiger partial charge is 0.191 e. The maximum Gasteiger partial charge on any atom is 0.191 e. The van der Waals surface area contributed by atoms with Crippen LogP contribution < -0.4 is 4.74 Å². The van der Waals surface area contributed by atoms with Gasteiger partial charge in [0.2, 0.25) is 0 Å². The predicted octanol–water partition coefficient (Wildman–Crippen LogP) is 2.99. The zero-order chi connectivity index (χ0) is 11.3. The molecule has 0 unspecified atom stereocenters. The van der Waals surface area contributed by atoms with E-state index in [-0.39, 0.29) is 6.61 Å². The summed E-state index contributed by atoms with van der Waals surface area (Å²) in [6.07, 6.45) is -0.433. The number of hydrogen-bond acceptors (Lipinski definition) is 3. The quantitative estimate of drug-likeness (QED) is 0.753.